The number of nitrogens with zero attached hydrogens (tertiary/aromatic N) is 1. The highest BCUT2D eigenvalue weighted by Gasteiger charge is 2.31. The molecule has 0 saturated carbocycles. The number of ether oxygens (including phenoxy) is 2. The number of nitrogens with one attached hydrogen (secondary N) is 1. The number of benzene rings is 1. The fourth-order valence-electron chi connectivity index (χ4n) is 2.11. The summed E-state index contributed by atoms with van der Waals surface area (Å²) in [6.45, 7) is 1.33. The highest BCUT2D eigenvalue weighted by atomic mass is 35.5. The summed E-state index contributed by atoms with van der Waals surface area (Å²) in [5.41, 5.74) is -0.0144. The molecule has 4 nitrogen and oxygen atoms in total. The topological polar surface area (TPSA) is 43.4 Å². The quantitative estimate of drug-likeness (QED) is 0.909. The van der Waals surface area contributed by atoms with E-state index in [2.05, 4.69) is 10.3 Å². The molecule has 0 spiro atoms. The molecule has 122 valence electrons. The Kier molecular flexibility index (Phi) is 4.21. The molecule has 2 heterocycles. The van der Waals surface area contributed by atoms with E-state index in [1.54, 1.807) is 12.1 Å². The Morgan fingerprint density at radius 1 is 1.13 bits per heavy atom. The summed E-state index contributed by atoms with van der Waals surface area (Å²) < 4.78 is 48.6. The molecule has 0 aliphatic carbocycles. The molecular formula is C15H12ClF3N2O2. The van der Waals surface area contributed by atoms with Crippen LogP contribution in [0.2, 0.25) is 5.02 Å². The van der Waals surface area contributed by atoms with Crippen LogP contribution in [0.4, 0.5) is 19.0 Å². The van der Waals surface area contributed by atoms with Crippen LogP contribution in [0.5, 0.6) is 11.5 Å². The predicted octanol–water partition coefficient (Wildman–Crippen LogP) is 4.14. The highest BCUT2D eigenvalue weighted by molar-refractivity contribution is 6.32. The van der Waals surface area contributed by atoms with Crippen molar-refractivity contribution in [2.75, 3.05) is 18.5 Å². The van der Waals surface area contributed by atoms with Crippen molar-refractivity contribution in [3.05, 3.63) is 46.6 Å². The molecule has 1 N–H and O–H groups in total. The van der Waals surface area contributed by atoms with Crippen LogP contribution >= 0.6 is 11.6 Å². The molecule has 0 radical (unpaired) electrons. The van der Waals surface area contributed by atoms with E-state index >= 15 is 0 Å². The molecule has 0 unspecified atom stereocenters. The minimum atomic E-state index is -4.47. The second-order valence-electron chi connectivity index (χ2n) is 4.88. The average molecular weight is 345 g/mol. The Morgan fingerprint density at radius 2 is 1.87 bits per heavy atom. The van der Waals surface area contributed by atoms with Crippen LogP contribution in [-0.4, -0.2) is 18.2 Å². The zero-order valence-corrected chi connectivity index (χ0v) is 12.5. The van der Waals surface area contributed by atoms with Gasteiger partial charge in [0.1, 0.15) is 19.0 Å². The first kappa shape index (κ1) is 15.7. The first-order valence-corrected chi connectivity index (χ1v) is 7.16. The van der Waals surface area contributed by atoms with Crippen LogP contribution in [0.1, 0.15) is 11.1 Å². The van der Waals surface area contributed by atoms with Gasteiger partial charge in [0.2, 0.25) is 0 Å². The molecule has 8 heteroatoms. The standard InChI is InChI=1S/C15H12ClF3N2O2/c16-11-6-10(15(17,18)19)8-21-14(11)20-7-9-1-2-12-13(5-9)23-4-3-22-12/h1-2,5-6,8H,3-4,7H2,(H,20,21). The van der Waals surface area contributed by atoms with Crippen molar-refractivity contribution < 1.29 is 22.6 Å². The molecule has 0 atom stereocenters. The van der Waals surface area contributed by atoms with E-state index in [4.69, 9.17) is 21.1 Å². The summed E-state index contributed by atoms with van der Waals surface area (Å²) in [7, 11) is 0. The summed E-state index contributed by atoms with van der Waals surface area (Å²) in [6.07, 6.45) is -3.72. The van der Waals surface area contributed by atoms with Crippen LogP contribution in [-0.2, 0) is 12.7 Å². The average Bonchev–Trinajstić information content (AvgIpc) is 2.52. The Hall–Kier alpha value is -2.15. The van der Waals surface area contributed by atoms with Crippen LogP contribution in [0.15, 0.2) is 30.5 Å². The lowest BCUT2D eigenvalue weighted by Crippen LogP contribution is -2.15. The smallest absolute Gasteiger partial charge is 0.417 e. The third kappa shape index (κ3) is 3.61. The van der Waals surface area contributed by atoms with Crippen LogP contribution in [0.25, 0.3) is 0 Å². The molecule has 3 rings (SSSR count). The summed E-state index contributed by atoms with van der Waals surface area (Å²) in [5.74, 6) is 1.50. The van der Waals surface area contributed by atoms with Gasteiger partial charge in [-0.2, -0.15) is 13.2 Å². The highest BCUT2D eigenvalue weighted by Crippen LogP contribution is 2.33. The van der Waals surface area contributed by atoms with Gasteiger partial charge < -0.3 is 14.8 Å². The third-order valence-electron chi connectivity index (χ3n) is 3.24. The second-order valence-corrected chi connectivity index (χ2v) is 5.29. The Bertz CT molecular complexity index is 722. The van der Waals surface area contributed by atoms with Gasteiger partial charge >= 0.3 is 6.18 Å². The molecular weight excluding hydrogens is 333 g/mol. The molecule has 1 aromatic carbocycles. The number of pyridine rings is 1. The molecule has 0 fully saturated rings. The number of halogens is 4. The lowest BCUT2D eigenvalue weighted by atomic mass is 10.2. The van der Waals surface area contributed by atoms with E-state index in [1.807, 2.05) is 6.07 Å². The zero-order valence-electron chi connectivity index (χ0n) is 11.8. The minimum absolute atomic E-state index is 0.0858. The molecule has 1 aliphatic heterocycles. The lowest BCUT2D eigenvalue weighted by Gasteiger charge is -2.19. The lowest BCUT2D eigenvalue weighted by molar-refractivity contribution is -0.137. The number of fused-ring (bicyclic) bond motifs is 1. The maximum Gasteiger partial charge on any atom is 0.417 e. The van der Waals surface area contributed by atoms with Crippen molar-refractivity contribution in [3.63, 3.8) is 0 Å². The van der Waals surface area contributed by atoms with Gasteiger partial charge in [-0.3, -0.25) is 0 Å². The number of rotatable bonds is 3. The largest absolute Gasteiger partial charge is 0.486 e. The second kappa shape index (κ2) is 6.16. The Labute approximate surface area is 135 Å². The fraction of sp³-hybridized carbons (Fsp3) is 0.267. The van der Waals surface area contributed by atoms with E-state index in [0.717, 1.165) is 17.8 Å². The number of anilines is 1. The minimum Gasteiger partial charge on any atom is -0.486 e. The van der Waals surface area contributed by atoms with Crippen molar-refractivity contribution in [3.8, 4) is 11.5 Å². The number of hydrogen-bond acceptors (Lipinski definition) is 4. The van der Waals surface area contributed by atoms with Crippen molar-refractivity contribution >= 4 is 17.4 Å². The number of hydrogen-bond donors (Lipinski definition) is 1. The third-order valence-corrected chi connectivity index (χ3v) is 3.52. The van der Waals surface area contributed by atoms with Crippen LogP contribution < -0.4 is 14.8 Å². The van der Waals surface area contributed by atoms with Gasteiger partial charge in [0.05, 0.1) is 10.6 Å². The molecule has 23 heavy (non-hydrogen) atoms. The summed E-state index contributed by atoms with van der Waals surface area (Å²) >= 11 is 5.85. The van der Waals surface area contributed by atoms with Crippen molar-refractivity contribution in [2.24, 2.45) is 0 Å². The zero-order chi connectivity index (χ0) is 16.4. The molecule has 0 bridgehead atoms. The molecule has 2 aromatic rings. The maximum atomic E-state index is 12.6. The van der Waals surface area contributed by atoms with Gasteiger partial charge in [-0.25, -0.2) is 4.98 Å². The van der Waals surface area contributed by atoms with Crippen molar-refractivity contribution in [1.82, 2.24) is 4.98 Å². The number of alkyl halides is 3. The monoisotopic (exact) mass is 344 g/mol. The summed E-state index contributed by atoms with van der Waals surface area (Å²) in [5, 5.41) is 2.82. The van der Waals surface area contributed by atoms with Gasteiger partial charge in [0, 0.05) is 12.7 Å². The predicted molar refractivity (Wildman–Crippen MR) is 79.0 cm³/mol. The van der Waals surface area contributed by atoms with Gasteiger partial charge in [-0.1, -0.05) is 17.7 Å². The Morgan fingerprint density at radius 3 is 2.57 bits per heavy atom. The summed E-state index contributed by atoms with van der Waals surface area (Å²) in [4.78, 5) is 3.73. The van der Waals surface area contributed by atoms with E-state index < -0.39 is 11.7 Å². The number of aromatic nitrogens is 1. The fourth-order valence-corrected chi connectivity index (χ4v) is 2.34. The first-order valence-electron chi connectivity index (χ1n) is 6.78. The van der Waals surface area contributed by atoms with Crippen LogP contribution in [0.3, 0.4) is 0 Å². The molecule has 1 aromatic heterocycles. The maximum absolute atomic E-state index is 12.6. The molecule has 0 saturated heterocycles. The SMILES string of the molecule is FC(F)(F)c1cnc(NCc2ccc3c(c2)OCCO3)c(Cl)c1. The van der Waals surface area contributed by atoms with Gasteiger partial charge in [-0.15, -0.1) is 0 Å². The van der Waals surface area contributed by atoms with Gasteiger partial charge in [0.15, 0.2) is 11.5 Å². The van der Waals surface area contributed by atoms with E-state index in [1.165, 1.54) is 0 Å². The van der Waals surface area contributed by atoms with Gasteiger partial charge in [0.25, 0.3) is 0 Å². The normalized spacial score (nSPS) is 13.7. The molecule has 1 aliphatic rings. The van der Waals surface area contributed by atoms with Crippen molar-refractivity contribution in [2.45, 2.75) is 12.7 Å². The summed E-state index contributed by atoms with van der Waals surface area (Å²) in [6, 6.07) is 6.27. The van der Waals surface area contributed by atoms with Crippen LogP contribution in [0, 0.1) is 0 Å². The Balaban J connectivity index is 1.71. The van der Waals surface area contributed by atoms with E-state index in [0.29, 0.717) is 31.3 Å². The van der Waals surface area contributed by atoms with Crippen molar-refractivity contribution in [1.29, 1.82) is 0 Å². The first-order chi connectivity index (χ1) is 10.9. The van der Waals surface area contributed by atoms with E-state index in [-0.39, 0.29) is 10.8 Å². The van der Waals surface area contributed by atoms with E-state index in [9.17, 15) is 13.2 Å². The van der Waals surface area contributed by atoms with Gasteiger partial charge in [-0.05, 0) is 23.8 Å². The molecule has 0 amide bonds.